The van der Waals surface area contributed by atoms with Crippen molar-refractivity contribution < 1.29 is 14.7 Å². The third-order valence-electron chi connectivity index (χ3n) is 2.77. The first kappa shape index (κ1) is 15.1. The number of esters is 1. The molecule has 1 aromatic carbocycles. The number of halogens is 2. The fourth-order valence-electron chi connectivity index (χ4n) is 1.93. The number of carbonyl (C=O) groups excluding carboxylic acids is 1. The Balaban J connectivity index is 2.37. The zero-order valence-corrected chi connectivity index (χ0v) is 13.8. The lowest BCUT2D eigenvalue weighted by atomic mass is 10.1. The fraction of sp³-hybridized carbons (Fsp3) is 0.231. The summed E-state index contributed by atoms with van der Waals surface area (Å²) in [5.41, 5.74) is 1.74. The Morgan fingerprint density at radius 3 is 2.85 bits per heavy atom. The van der Waals surface area contributed by atoms with Crippen LogP contribution in [0.2, 0.25) is 0 Å². The van der Waals surface area contributed by atoms with Crippen molar-refractivity contribution in [2.75, 3.05) is 6.61 Å². The van der Waals surface area contributed by atoms with Gasteiger partial charge in [-0.25, -0.2) is 4.79 Å². The molecule has 0 atom stereocenters. The normalized spacial score (nSPS) is 11.8. The highest BCUT2D eigenvalue weighted by Crippen LogP contribution is 2.31. The summed E-state index contributed by atoms with van der Waals surface area (Å²) < 4.78 is 6.67. The van der Waals surface area contributed by atoms with Crippen LogP contribution in [0.25, 0.3) is 10.9 Å². The highest BCUT2D eigenvalue weighted by molar-refractivity contribution is 9.11. The van der Waals surface area contributed by atoms with E-state index in [4.69, 9.17) is 9.94 Å². The van der Waals surface area contributed by atoms with E-state index in [-0.39, 0.29) is 18.7 Å². The second kappa shape index (κ2) is 6.41. The van der Waals surface area contributed by atoms with E-state index in [1.54, 1.807) is 13.1 Å². The number of H-pyrrole nitrogens is 1. The van der Waals surface area contributed by atoms with Crippen LogP contribution in [-0.4, -0.2) is 28.5 Å². The van der Waals surface area contributed by atoms with Crippen LogP contribution in [-0.2, 0) is 16.0 Å². The molecular formula is C13H12Br2N2O3. The molecule has 0 saturated heterocycles. The molecule has 2 rings (SSSR count). The molecule has 5 nitrogen and oxygen atoms in total. The van der Waals surface area contributed by atoms with Crippen molar-refractivity contribution in [3.05, 3.63) is 32.8 Å². The van der Waals surface area contributed by atoms with Gasteiger partial charge in [0, 0.05) is 32.5 Å². The predicted molar refractivity (Wildman–Crippen MR) is 83.3 cm³/mol. The van der Waals surface area contributed by atoms with Gasteiger partial charge in [0.05, 0.1) is 6.61 Å². The van der Waals surface area contributed by atoms with Crippen LogP contribution in [0.5, 0.6) is 0 Å². The van der Waals surface area contributed by atoms with Gasteiger partial charge in [-0.3, -0.25) is 0 Å². The van der Waals surface area contributed by atoms with Gasteiger partial charge in [0.25, 0.3) is 0 Å². The van der Waals surface area contributed by atoms with Crippen molar-refractivity contribution in [2.24, 2.45) is 5.16 Å². The number of hydrogen-bond donors (Lipinski definition) is 2. The summed E-state index contributed by atoms with van der Waals surface area (Å²) in [6, 6.07) is 3.85. The van der Waals surface area contributed by atoms with E-state index in [1.807, 2.05) is 12.1 Å². The lowest BCUT2D eigenvalue weighted by Crippen LogP contribution is -2.19. The van der Waals surface area contributed by atoms with Crippen LogP contribution in [0.3, 0.4) is 0 Å². The molecule has 0 amide bonds. The van der Waals surface area contributed by atoms with Crippen LogP contribution in [0, 0.1) is 0 Å². The molecule has 0 aliphatic rings. The van der Waals surface area contributed by atoms with E-state index < -0.39 is 5.97 Å². The zero-order chi connectivity index (χ0) is 14.7. The summed E-state index contributed by atoms with van der Waals surface area (Å²) in [4.78, 5) is 14.8. The minimum Gasteiger partial charge on any atom is -0.461 e. The Kier molecular flexibility index (Phi) is 4.82. The van der Waals surface area contributed by atoms with Crippen LogP contribution >= 0.6 is 31.9 Å². The minimum absolute atomic E-state index is 0.0254. The van der Waals surface area contributed by atoms with E-state index in [1.165, 1.54) is 0 Å². The quantitative estimate of drug-likeness (QED) is 0.354. The maximum Gasteiger partial charge on any atom is 0.356 e. The second-order valence-corrected chi connectivity index (χ2v) is 5.84. The van der Waals surface area contributed by atoms with Crippen LogP contribution < -0.4 is 0 Å². The molecule has 7 heteroatoms. The smallest absolute Gasteiger partial charge is 0.356 e. The summed E-state index contributed by atoms with van der Waals surface area (Å²) in [5.74, 6) is -0.613. The number of benzene rings is 1. The Hall–Kier alpha value is -1.34. The molecule has 0 saturated carbocycles. The minimum atomic E-state index is -0.613. The van der Waals surface area contributed by atoms with Gasteiger partial charge in [0.15, 0.2) is 5.71 Å². The third-order valence-corrected chi connectivity index (χ3v) is 3.85. The number of hydrogen-bond acceptors (Lipinski definition) is 4. The van der Waals surface area contributed by atoms with Gasteiger partial charge < -0.3 is 14.9 Å². The Bertz CT molecular complexity index is 680. The van der Waals surface area contributed by atoms with Crippen molar-refractivity contribution >= 4 is 54.4 Å². The van der Waals surface area contributed by atoms with Gasteiger partial charge >= 0.3 is 5.97 Å². The van der Waals surface area contributed by atoms with Crippen LogP contribution in [0.4, 0.5) is 0 Å². The van der Waals surface area contributed by atoms with E-state index in [9.17, 15) is 4.79 Å². The molecule has 0 fully saturated rings. The van der Waals surface area contributed by atoms with Crippen molar-refractivity contribution in [1.29, 1.82) is 0 Å². The van der Waals surface area contributed by atoms with Gasteiger partial charge in [0.2, 0.25) is 0 Å². The van der Waals surface area contributed by atoms with E-state index in [0.29, 0.717) is 0 Å². The number of aromatic nitrogens is 1. The van der Waals surface area contributed by atoms with E-state index >= 15 is 0 Å². The average molecular weight is 404 g/mol. The van der Waals surface area contributed by atoms with Crippen LogP contribution in [0.15, 0.2) is 32.4 Å². The largest absolute Gasteiger partial charge is 0.461 e. The van der Waals surface area contributed by atoms with E-state index in [2.05, 4.69) is 42.0 Å². The van der Waals surface area contributed by atoms with Gasteiger partial charge in [-0.15, -0.1) is 0 Å². The monoisotopic (exact) mass is 402 g/mol. The summed E-state index contributed by atoms with van der Waals surface area (Å²) in [6.07, 6.45) is 1.97. The summed E-state index contributed by atoms with van der Waals surface area (Å²) in [7, 11) is 0. The highest BCUT2D eigenvalue weighted by atomic mass is 79.9. The summed E-state index contributed by atoms with van der Waals surface area (Å²) in [6.45, 7) is 1.94. The van der Waals surface area contributed by atoms with Gasteiger partial charge in [0.1, 0.15) is 0 Å². The zero-order valence-electron chi connectivity index (χ0n) is 10.6. The van der Waals surface area contributed by atoms with Crippen molar-refractivity contribution in [3.63, 3.8) is 0 Å². The molecule has 0 radical (unpaired) electrons. The van der Waals surface area contributed by atoms with E-state index in [0.717, 1.165) is 25.4 Å². The molecule has 0 aliphatic heterocycles. The molecule has 2 aromatic rings. The molecule has 106 valence electrons. The SMILES string of the molecule is CCOC(=O)/C(Cc1c[nH]c2cc(Br)cc(Br)c12)=N\O. The van der Waals surface area contributed by atoms with Gasteiger partial charge in [-0.1, -0.05) is 37.0 Å². The number of ether oxygens (including phenoxy) is 1. The number of fused-ring (bicyclic) bond motifs is 1. The average Bonchev–Trinajstić information content (AvgIpc) is 2.79. The number of nitrogens with zero attached hydrogens (tertiary/aromatic N) is 1. The van der Waals surface area contributed by atoms with Gasteiger partial charge in [-0.2, -0.15) is 0 Å². The number of carbonyl (C=O) groups is 1. The third kappa shape index (κ3) is 3.04. The molecule has 2 N–H and O–H groups in total. The number of aromatic amines is 1. The molecular weight excluding hydrogens is 392 g/mol. The maximum atomic E-state index is 11.6. The lowest BCUT2D eigenvalue weighted by molar-refractivity contribution is -0.135. The van der Waals surface area contributed by atoms with Gasteiger partial charge in [-0.05, 0) is 24.6 Å². The first-order valence-corrected chi connectivity index (χ1v) is 7.48. The lowest BCUT2D eigenvalue weighted by Gasteiger charge is -2.04. The number of rotatable bonds is 4. The molecule has 0 bridgehead atoms. The van der Waals surface area contributed by atoms with Crippen molar-refractivity contribution in [3.8, 4) is 0 Å². The molecule has 0 unspecified atom stereocenters. The Morgan fingerprint density at radius 1 is 1.45 bits per heavy atom. The number of nitrogens with one attached hydrogen (secondary N) is 1. The fourth-order valence-corrected chi connectivity index (χ4v) is 3.41. The maximum absolute atomic E-state index is 11.6. The summed E-state index contributed by atoms with van der Waals surface area (Å²) >= 11 is 6.90. The first-order valence-electron chi connectivity index (χ1n) is 5.89. The predicted octanol–water partition coefficient (Wildman–Crippen LogP) is 3.63. The Labute approximate surface area is 132 Å². The highest BCUT2D eigenvalue weighted by Gasteiger charge is 2.17. The standard InChI is InChI=1S/C13H12Br2N2O3/c1-2-20-13(18)11(17-19)3-7-6-16-10-5-8(14)4-9(15)12(7)10/h4-6,16,19H,2-3H2,1H3/b17-11-. The molecule has 20 heavy (non-hydrogen) atoms. The van der Waals surface area contributed by atoms with Crippen molar-refractivity contribution in [2.45, 2.75) is 13.3 Å². The topological polar surface area (TPSA) is 74.7 Å². The second-order valence-electron chi connectivity index (χ2n) is 4.07. The molecule has 0 spiro atoms. The summed E-state index contributed by atoms with van der Waals surface area (Å²) in [5, 5.41) is 12.9. The molecule has 1 heterocycles. The Morgan fingerprint density at radius 2 is 2.20 bits per heavy atom. The van der Waals surface area contributed by atoms with Crippen molar-refractivity contribution in [1.82, 2.24) is 4.98 Å². The molecule has 0 aliphatic carbocycles. The number of oxime groups is 1. The molecule has 1 aromatic heterocycles. The first-order chi connectivity index (χ1) is 9.56. The van der Waals surface area contributed by atoms with Crippen LogP contribution in [0.1, 0.15) is 12.5 Å².